The van der Waals surface area contributed by atoms with Crippen LogP contribution < -0.4 is 16.0 Å². The number of aliphatic hydroxyl groups excluding tert-OH is 1. The molecular formula is C67H107N9O11. The second-order valence-corrected chi connectivity index (χ2v) is 26.4. The summed E-state index contributed by atoms with van der Waals surface area (Å²) >= 11 is 0. The number of hydrogen-bond acceptors (Lipinski definition) is 12. The summed E-state index contributed by atoms with van der Waals surface area (Å²) in [6.45, 7) is 23.1. The van der Waals surface area contributed by atoms with Crippen LogP contribution in [0.3, 0.4) is 0 Å². The van der Waals surface area contributed by atoms with Gasteiger partial charge in [0.25, 0.3) is 0 Å². The molecule has 87 heavy (non-hydrogen) atoms. The highest BCUT2D eigenvalue weighted by molar-refractivity contribution is 5.98. The molecule has 2 aromatic carbocycles. The average molecular weight is 1210 g/mol. The summed E-state index contributed by atoms with van der Waals surface area (Å²) in [7, 11) is 9.21. The van der Waals surface area contributed by atoms with Gasteiger partial charge in [0.15, 0.2) is 5.78 Å². The van der Waals surface area contributed by atoms with Crippen LogP contribution in [0.5, 0.6) is 0 Å². The lowest BCUT2D eigenvalue weighted by atomic mass is 9.90. The third-order valence-electron chi connectivity index (χ3n) is 17.2. The minimum atomic E-state index is -1.35. The first-order valence-corrected chi connectivity index (χ1v) is 31.4. The molecule has 0 aliphatic carbocycles. The summed E-state index contributed by atoms with van der Waals surface area (Å²) in [5.41, 5.74) is 1.60. The first-order valence-electron chi connectivity index (χ1n) is 31.4. The number of rotatable bonds is 14. The molecule has 0 radical (unpaired) electrons. The van der Waals surface area contributed by atoms with Crippen LogP contribution in [0.4, 0.5) is 0 Å². The van der Waals surface area contributed by atoms with E-state index in [0.29, 0.717) is 12.8 Å². The molecule has 1 heterocycles. The van der Waals surface area contributed by atoms with Gasteiger partial charge in [0.05, 0.1) is 30.5 Å². The standard InChI is InChI=1S/C67H107N9O11/c1-20-44(10)59-67(87)76(19)56(33-42(6)7)65(85)73(16)51(34-48-27-23-21-24-28-48)36-52(78)37-53(47(13)77)64(84)72(15)46(12)63(83)75(18)55(32-41(4)5)62(82)68-45(11)60(80)69-58(43(8)9)66(86)74(17)54(35-49-29-25-22-26-30-49)57(79)39-71(14)38-50(31-40(2)3)61(81)70-59/h21-30,40-47,50-51,53-56,58-59,77H,20,31-39H2,1-19H3,(H,68,82)(H,69,80)(H,70,81)/t44-,45-,46-,47+,50+,51-,53-,54-,55-,56-,58+,59-/m0/s1. The number of aliphatic hydroxyl groups is 1. The van der Waals surface area contributed by atoms with Gasteiger partial charge in [0.1, 0.15) is 42.0 Å². The summed E-state index contributed by atoms with van der Waals surface area (Å²) in [6.07, 6.45) is -0.352. The van der Waals surface area contributed by atoms with E-state index < -0.39 is 132 Å². The molecule has 20 nitrogen and oxygen atoms in total. The summed E-state index contributed by atoms with van der Waals surface area (Å²) < 4.78 is 0. The lowest BCUT2D eigenvalue weighted by Gasteiger charge is -2.38. The van der Waals surface area contributed by atoms with E-state index in [2.05, 4.69) is 16.0 Å². The molecule has 2 aromatic rings. The number of nitrogens with one attached hydrogen (secondary N) is 3. The number of amides is 8. The number of carbonyl (C=O) groups is 10. The molecule has 4 N–H and O–H groups in total. The molecule has 0 aromatic heterocycles. The van der Waals surface area contributed by atoms with Crippen LogP contribution in [0.2, 0.25) is 0 Å². The van der Waals surface area contributed by atoms with Crippen LogP contribution in [0, 0.1) is 41.4 Å². The van der Waals surface area contributed by atoms with Crippen molar-refractivity contribution >= 4 is 58.8 Å². The Hall–Kier alpha value is -6.54. The van der Waals surface area contributed by atoms with Crippen molar-refractivity contribution in [3.8, 4) is 0 Å². The maximum atomic E-state index is 15.2. The Bertz CT molecular complexity index is 2610. The van der Waals surface area contributed by atoms with Gasteiger partial charge in [-0.15, -0.1) is 0 Å². The van der Waals surface area contributed by atoms with E-state index >= 15 is 9.59 Å². The fraction of sp³-hybridized carbons (Fsp3) is 0.672. The quantitative estimate of drug-likeness (QED) is 0.185. The summed E-state index contributed by atoms with van der Waals surface area (Å²) in [6, 6.07) is 9.95. The first-order chi connectivity index (χ1) is 40.6. The van der Waals surface area contributed by atoms with E-state index in [9.17, 15) is 43.5 Å². The van der Waals surface area contributed by atoms with Crippen LogP contribution in [0.15, 0.2) is 60.7 Å². The number of Topliss-reactive ketones (excluding diaryl/α,β-unsaturated/α-hetero) is 2. The van der Waals surface area contributed by atoms with Gasteiger partial charge in [-0.1, -0.05) is 136 Å². The van der Waals surface area contributed by atoms with Gasteiger partial charge in [0, 0.05) is 60.7 Å². The normalized spacial score (nSPS) is 26.5. The Kier molecular flexibility index (Phi) is 29.9. The van der Waals surface area contributed by atoms with Crippen LogP contribution in [0.1, 0.15) is 140 Å². The Balaban J connectivity index is 2.27. The topological polar surface area (TPSA) is 246 Å². The number of ketones is 2. The lowest BCUT2D eigenvalue weighted by Crippen LogP contribution is -2.60. The zero-order valence-corrected chi connectivity index (χ0v) is 55.8. The molecule has 20 heteroatoms. The number of benzene rings is 2. The number of carbonyl (C=O) groups excluding carboxylic acids is 10. The SMILES string of the molecule is CC[C@H](C)[C@@H]1NC(=O)[C@H](CC(C)C)CN(C)CC(=O)[C@H](Cc2ccccc2)N(C)C(=O)[C@@H](C(C)C)NC(=O)[C@H](C)NC(=O)[C@H](CC(C)C)N(C)C(=O)[C@H](C)N(C)C(=O)[C@H]([C@@H](C)O)CC(=O)C[C@H](Cc2ccccc2)N(C)C(=O)[C@H](CC(C)C)N(C)C1=O. The highest BCUT2D eigenvalue weighted by Gasteiger charge is 2.42. The highest BCUT2D eigenvalue weighted by atomic mass is 16.3. The third-order valence-corrected chi connectivity index (χ3v) is 17.2. The Morgan fingerprint density at radius 3 is 1.49 bits per heavy atom. The smallest absolute Gasteiger partial charge is 0.245 e. The van der Waals surface area contributed by atoms with Crippen molar-refractivity contribution in [3.05, 3.63) is 71.8 Å². The molecule has 1 aliphatic heterocycles. The van der Waals surface area contributed by atoms with Crippen LogP contribution in [0.25, 0.3) is 0 Å². The van der Waals surface area contributed by atoms with Gasteiger partial charge in [-0.3, -0.25) is 52.8 Å². The molecule has 0 bridgehead atoms. The van der Waals surface area contributed by atoms with Gasteiger partial charge in [-0.2, -0.15) is 0 Å². The van der Waals surface area contributed by atoms with E-state index in [-0.39, 0.29) is 74.6 Å². The maximum Gasteiger partial charge on any atom is 0.245 e. The molecule has 12 atom stereocenters. The van der Waals surface area contributed by atoms with Crippen LogP contribution in [-0.4, -0.2) is 203 Å². The molecule has 1 fully saturated rings. The summed E-state index contributed by atoms with van der Waals surface area (Å²) in [5, 5.41) is 19.9. The van der Waals surface area contributed by atoms with Gasteiger partial charge in [0.2, 0.25) is 47.3 Å². The van der Waals surface area contributed by atoms with Gasteiger partial charge in [-0.25, -0.2) is 0 Å². The predicted molar refractivity (Wildman–Crippen MR) is 338 cm³/mol. The molecule has 1 aliphatic rings. The second-order valence-electron chi connectivity index (χ2n) is 26.4. The highest BCUT2D eigenvalue weighted by Crippen LogP contribution is 2.25. The van der Waals surface area contributed by atoms with Crippen molar-refractivity contribution < 1.29 is 53.1 Å². The van der Waals surface area contributed by atoms with Crippen LogP contribution >= 0.6 is 0 Å². The molecule has 0 unspecified atom stereocenters. The maximum absolute atomic E-state index is 15.2. The van der Waals surface area contributed by atoms with E-state index in [1.54, 1.807) is 39.9 Å². The molecule has 8 amide bonds. The van der Waals surface area contributed by atoms with Crippen molar-refractivity contribution in [2.45, 2.75) is 196 Å². The number of hydrogen-bond donors (Lipinski definition) is 4. The minimum Gasteiger partial charge on any atom is -0.393 e. The van der Waals surface area contributed by atoms with Crippen molar-refractivity contribution in [1.29, 1.82) is 0 Å². The molecule has 0 spiro atoms. The van der Waals surface area contributed by atoms with E-state index in [1.807, 2.05) is 116 Å². The van der Waals surface area contributed by atoms with Gasteiger partial charge < -0.3 is 45.6 Å². The molecule has 3 rings (SSSR count). The molecule has 486 valence electrons. The molecule has 0 saturated carbocycles. The number of nitrogens with zero attached hydrogens (tertiary/aromatic N) is 6. The Morgan fingerprint density at radius 2 is 0.989 bits per heavy atom. The summed E-state index contributed by atoms with van der Waals surface area (Å²) in [4.78, 5) is 155. The van der Waals surface area contributed by atoms with E-state index in [4.69, 9.17) is 0 Å². The Labute approximate surface area is 519 Å². The average Bonchev–Trinajstić information content (AvgIpc) is 1.71. The fourth-order valence-electron chi connectivity index (χ4n) is 11.3. The summed E-state index contributed by atoms with van der Waals surface area (Å²) in [5.74, 6) is -8.38. The Morgan fingerprint density at radius 1 is 0.506 bits per heavy atom. The zero-order chi connectivity index (χ0) is 65.9. The van der Waals surface area contributed by atoms with Crippen molar-refractivity contribution in [2.24, 2.45) is 41.4 Å². The molecule has 1 saturated heterocycles. The predicted octanol–water partition coefficient (Wildman–Crippen LogP) is 5.42. The first kappa shape index (κ1) is 74.7. The van der Waals surface area contributed by atoms with Crippen molar-refractivity contribution in [2.75, 3.05) is 55.4 Å². The minimum absolute atomic E-state index is 0.0232. The van der Waals surface area contributed by atoms with Gasteiger partial charge in [-0.05, 0) is 101 Å². The van der Waals surface area contributed by atoms with Gasteiger partial charge >= 0.3 is 0 Å². The van der Waals surface area contributed by atoms with Crippen LogP contribution in [-0.2, 0) is 60.8 Å². The van der Waals surface area contributed by atoms with E-state index in [0.717, 1.165) is 16.0 Å². The monoisotopic (exact) mass is 1210 g/mol. The van der Waals surface area contributed by atoms with E-state index in [1.165, 1.54) is 61.5 Å². The number of likely N-dealkylation sites (N-methyl/N-ethyl adjacent to an activating group) is 6. The fourth-order valence-corrected chi connectivity index (χ4v) is 11.3. The lowest BCUT2D eigenvalue weighted by molar-refractivity contribution is -0.151. The third kappa shape index (κ3) is 21.9. The molecular weight excluding hydrogens is 1110 g/mol. The van der Waals surface area contributed by atoms with Crippen molar-refractivity contribution in [3.63, 3.8) is 0 Å². The largest absolute Gasteiger partial charge is 0.393 e. The van der Waals surface area contributed by atoms with Crippen molar-refractivity contribution in [1.82, 2.24) is 45.3 Å². The zero-order valence-electron chi connectivity index (χ0n) is 55.8. The second kappa shape index (κ2) is 34.9.